The molecule has 100 valence electrons. The molecule has 0 unspecified atom stereocenters. The van der Waals surface area contributed by atoms with E-state index in [1.807, 2.05) is 6.08 Å². The van der Waals surface area contributed by atoms with Crippen LogP contribution in [0, 0.1) is 5.82 Å². The first-order valence-electron chi connectivity index (χ1n) is 6.63. The Labute approximate surface area is 121 Å². The normalized spacial score (nSPS) is 11.5. The van der Waals surface area contributed by atoms with Crippen molar-refractivity contribution in [1.82, 2.24) is 0 Å². The minimum Gasteiger partial charge on any atom is -0.207 e. The zero-order chi connectivity index (χ0) is 13.9. The molecule has 1 nitrogen and oxygen atoms in total. The lowest BCUT2D eigenvalue weighted by Crippen LogP contribution is -2.33. The maximum Gasteiger partial charge on any atom is 0.262 e. The highest BCUT2D eigenvalue weighted by Crippen LogP contribution is 2.21. The molecule has 0 spiro atoms. The molecule has 1 aromatic heterocycles. The molecule has 0 aliphatic carbocycles. The van der Waals surface area contributed by atoms with Crippen LogP contribution in [0.3, 0.4) is 0 Å². The Hall–Kier alpha value is -2.00. The summed E-state index contributed by atoms with van der Waals surface area (Å²) in [5.74, 6) is -0.201. The van der Waals surface area contributed by atoms with E-state index in [1.165, 1.54) is 27.4 Å². The summed E-state index contributed by atoms with van der Waals surface area (Å²) in [6, 6.07) is 15.0. The molecule has 0 radical (unpaired) electrons. The van der Waals surface area contributed by atoms with Crippen molar-refractivity contribution in [2.45, 2.75) is 13.5 Å². The van der Waals surface area contributed by atoms with Gasteiger partial charge in [-0.1, -0.05) is 35.6 Å². The molecule has 3 rings (SSSR count). The van der Waals surface area contributed by atoms with Crippen LogP contribution >= 0.6 is 11.3 Å². The van der Waals surface area contributed by atoms with Gasteiger partial charge in [-0.05, 0) is 36.8 Å². The maximum absolute atomic E-state index is 12.9. The van der Waals surface area contributed by atoms with E-state index in [0.717, 1.165) is 12.1 Å². The van der Waals surface area contributed by atoms with Gasteiger partial charge in [-0.25, -0.2) is 4.39 Å². The van der Waals surface area contributed by atoms with E-state index in [1.54, 1.807) is 23.5 Å². The number of fused-ring (bicyclic) bond motifs is 1. The highest BCUT2D eigenvalue weighted by atomic mass is 32.1. The second-order valence-corrected chi connectivity index (χ2v) is 5.60. The first kappa shape index (κ1) is 13.0. The fourth-order valence-corrected chi connectivity index (χ4v) is 3.37. The quantitative estimate of drug-likeness (QED) is 0.623. The van der Waals surface area contributed by atoms with Gasteiger partial charge in [0.25, 0.3) is 5.01 Å². The lowest BCUT2D eigenvalue weighted by molar-refractivity contribution is -0.665. The van der Waals surface area contributed by atoms with Crippen LogP contribution in [0.1, 0.15) is 17.5 Å². The molecule has 0 aliphatic rings. The predicted molar refractivity (Wildman–Crippen MR) is 83.0 cm³/mol. The van der Waals surface area contributed by atoms with Crippen molar-refractivity contribution in [3.05, 3.63) is 64.9 Å². The number of rotatable bonds is 3. The van der Waals surface area contributed by atoms with Crippen molar-refractivity contribution in [3.8, 4) is 0 Å². The van der Waals surface area contributed by atoms with Crippen LogP contribution in [0.15, 0.2) is 48.5 Å². The van der Waals surface area contributed by atoms with Gasteiger partial charge in [0.2, 0.25) is 5.52 Å². The van der Waals surface area contributed by atoms with Crippen molar-refractivity contribution >= 4 is 33.7 Å². The summed E-state index contributed by atoms with van der Waals surface area (Å²) in [6.45, 7) is 3.08. The molecule has 0 aliphatic heterocycles. The molecule has 20 heavy (non-hydrogen) atoms. The smallest absolute Gasteiger partial charge is 0.207 e. The van der Waals surface area contributed by atoms with Gasteiger partial charge in [0.05, 0.1) is 0 Å². The molecule has 0 bridgehead atoms. The number of hydrogen-bond donors (Lipinski definition) is 0. The van der Waals surface area contributed by atoms with Crippen LogP contribution in [0.2, 0.25) is 0 Å². The van der Waals surface area contributed by atoms with Gasteiger partial charge in [-0.3, -0.25) is 0 Å². The number of para-hydroxylation sites is 1. The molecular formula is C17H15FNS+. The molecule has 0 fully saturated rings. The molecule has 2 aromatic carbocycles. The molecule has 0 saturated heterocycles. The predicted octanol–water partition coefficient (Wildman–Crippen LogP) is 4.52. The van der Waals surface area contributed by atoms with Gasteiger partial charge >= 0.3 is 0 Å². The molecule has 3 aromatic rings. The summed E-state index contributed by atoms with van der Waals surface area (Å²) in [4.78, 5) is 0. The Kier molecular flexibility index (Phi) is 3.61. The second-order valence-electron chi connectivity index (χ2n) is 4.54. The lowest BCUT2D eigenvalue weighted by atomic mass is 10.2. The largest absolute Gasteiger partial charge is 0.262 e. The van der Waals surface area contributed by atoms with Crippen LogP contribution in [0.5, 0.6) is 0 Å². The molecular weight excluding hydrogens is 269 g/mol. The average molecular weight is 284 g/mol. The lowest BCUT2D eigenvalue weighted by Gasteiger charge is -1.93. The van der Waals surface area contributed by atoms with Crippen LogP contribution in [0.25, 0.3) is 22.4 Å². The molecule has 3 heteroatoms. The van der Waals surface area contributed by atoms with Crippen molar-refractivity contribution in [1.29, 1.82) is 0 Å². The van der Waals surface area contributed by atoms with Crippen molar-refractivity contribution in [2.75, 3.05) is 0 Å². The van der Waals surface area contributed by atoms with Gasteiger partial charge in [-0.2, -0.15) is 4.57 Å². The monoisotopic (exact) mass is 284 g/mol. The minimum atomic E-state index is -0.201. The molecule has 0 amide bonds. The van der Waals surface area contributed by atoms with E-state index in [4.69, 9.17) is 0 Å². The summed E-state index contributed by atoms with van der Waals surface area (Å²) in [5, 5.41) is 1.21. The second kappa shape index (κ2) is 5.55. The topological polar surface area (TPSA) is 3.88 Å². The molecule has 1 heterocycles. The Morgan fingerprint density at radius 2 is 1.80 bits per heavy atom. The number of aryl methyl sites for hydroxylation is 1. The van der Waals surface area contributed by atoms with E-state index in [-0.39, 0.29) is 5.82 Å². The first-order chi connectivity index (χ1) is 9.78. The summed E-state index contributed by atoms with van der Waals surface area (Å²) < 4.78 is 16.5. The Morgan fingerprint density at radius 1 is 1.05 bits per heavy atom. The van der Waals surface area contributed by atoms with Crippen LogP contribution in [-0.2, 0) is 6.54 Å². The van der Waals surface area contributed by atoms with E-state index >= 15 is 0 Å². The van der Waals surface area contributed by atoms with Crippen LogP contribution in [-0.4, -0.2) is 0 Å². The third kappa shape index (κ3) is 2.49. The fraction of sp³-hybridized carbons (Fsp3) is 0.118. The zero-order valence-electron chi connectivity index (χ0n) is 11.2. The number of aromatic nitrogens is 1. The first-order valence-corrected chi connectivity index (χ1v) is 7.44. The number of benzene rings is 2. The molecule has 0 N–H and O–H groups in total. The van der Waals surface area contributed by atoms with Gasteiger partial charge in [-0.15, -0.1) is 0 Å². The zero-order valence-corrected chi connectivity index (χ0v) is 12.0. The van der Waals surface area contributed by atoms with Crippen molar-refractivity contribution in [3.63, 3.8) is 0 Å². The standard InChI is InChI=1S/C17H15FNS/c1-2-19-15-5-3-4-6-16(15)20-17(19)12-9-13-7-10-14(18)11-8-13/h3-12H,2H2,1H3/q+1/b12-9+. The van der Waals surface area contributed by atoms with Crippen LogP contribution < -0.4 is 4.57 Å². The Bertz CT molecular complexity index is 756. The van der Waals surface area contributed by atoms with Crippen molar-refractivity contribution < 1.29 is 8.96 Å². The Morgan fingerprint density at radius 3 is 2.55 bits per heavy atom. The minimum absolute atomic E-state index is 0.201. The third-order valence-corrected chi connectivity index (χ3v) is 4.37. The molecule has 0 atom stereocenters. The fourth-order valence-electron chi connectivity index (χ4n) is 2.24. The van der Waals surface area contributed by atoms with Crippen molar-refractivity contribution in [2.24, 2.45) is 0 Å². The summed E-state index contributed by atoms with van der Waals surface area (Å²) in [7, 11) is 0. The number of nitrogens with zero attached hydrogens (tertiary/aromatic N) is 1. The van der Waals surface area contributed by atoms with Gasteiger partial charge in [0.1, 0.15) is 17.1 Å². The van der Waals surface area contributed by atoms with Crippen LogP contribution in [0.4, 0.5) is 4.39 Å². The summed E-state index contributed by atoms with van der Waals surface area (Å²) in [5.41, 5.74) is 2.27. The van der Waals surface area contributed by atoms with E-state index in [0.29, 0.717) is 0 Å². The highest BCUT2D eigenvalue weighted by molar-refractivity contribution is 7.18. The van der Waals surface area contributed by atoms with Gasteiger partial charge in [0, 0.05) is 12.1 Å². The summed E-state index contributed by atoms with van der Waals surface area (Å²) in [6.07, 6.45) is 4.12. The third-order valence-electron chi connectivity index (χ3n) is 3.24. The van der Waals surface area contributed by atoms with E-state index in [9.17, 15) is 4.39 Å². The molecule has 0 saturated carbocycles. The number of thiazole rings is 1. The van der Waals surface area contributed by atoms with Gasteiger partial charge < -0.3 is 0 Å². The maximum atomic E-state index is 12.9. The summed E-state index contributed by atoms with van der Waals surface area (Å²) >= 11 is 1.77. The Balaban J connectivity index is 1.99. The highest BCUT2D eigenvalue weighted by Gasteiger charge is 2.15. The number of halogens is 1. The van der Waals surface area contributed by atoms with E-state index < -0.39 is 0 Å². The SMILES string of the molecule is CC[n+]1c(/C=C/c2ccc(F)cc2)sc2ccccc21. The van der Waals surface area contributed by atoms with E-state index in [2.05, 4.69) is 41.8 Å². The number of hydrogen-bond acceptors (Lipinski definition) is 1. The average Bonchev–Trinajstić information content (AvgIpc) is 2.84. The van der Waals surface area contributed by atoms with Gasteiger partial charge in [0.15, 0.2) is 0 Å².